The van der Waals surface area contributed by atoms with Crippen LogP contribution in [-0.2, 0) is 14.2 Å². The molecule has 0 bridgehead atoms. The number of hydrogen-bond donors (Lipinski definition) is 0. The third-order valence-electron chi connectivity index (χ3n) is 5.86. The second-order valence-corrected chi connectivity index (χ2v) is 9.01. The number of unbranched alkanes of at least 4 members (excludes halogenated alkanes) is 3. The van der Waals surface area contributed by atoms with Crippen LogP contribution < -0.4 is 18.9 Å². The van der Waals surface area contributed by atoms with Crippen LogP contribution in [0.2, 0.25) is 0 Å². The Bertz CT molecular complexity index is 1160. The summed E-state index contributed by atoms with van der Waals surface area (Å²) >= 11 is 0. The molecular formula is C32H38O9. The molecule has 3 aromatic rings. The van der Waals surface area contributed by atoms with E-state index in [2.05, 4.69) is 0 Å². The van der Waals surface area contributed by atoms with Crippen LogP contribution in [-0.4, -0.2) is 65.8 Å². The fourth-order valence-corrected chi connectivity index (χ4v) is 3.64. The summed E-state index contributed by atoms with van der Waals surface area (Å²) in [7, 11) is 3.33. The second-order valence-electron chi connectivity index (χ2n) is 9.01. The molecule has 41 heavy (non-hydrogen) atoms. The molecule has 0 heterocycles. The Labute approximate surface area is 241 Å². The largest absolute Gasteiger partial charge is 0.494 e. The quantitative estimate of drug-likeness (QED) is 0.102. The molecule has 0 aliphatic carbocycles. The van der Waals surface area contributed by atoms with Gasteiger partial charge >= 0.3 is 11.9 Å². The Morgan fingerprint density at radius 1 is 0.463 bits per heavy atom. The number of rotatable bonds is 19. The monoisotopic (exact) mass is 566 g/mol. The molecule has 0 unspecified atom stereocenters. The Hall–Kier alpha value is -3.92. The van der Waals surface area contributed by atoms with E-state index < -0.39 is 11.9 Å². The molecule has 0 aromatic heterocycles. The van der Waals surface area contributed by atoms with Crippen molar-refractivity contribution in [2.24, 2.45) is 0 Å². The summed E-state index contributed by atoms with van der Waals surface area (Å²) in [6.07, 6.45) is 4.22. The van der Waals surface area contributed by atoms with Gasteiger partial charge in [0.15, 0.2) is 0 Å². The molecule has 0 aliphatic heterocycles. The highest BCUT2D eigenvalue weighted by Gasteiger charge is 2.12. The van der Waals surface area contributed by atoms with Gasteiger partial charge < -0.3 is 33.2 Å². The van der Waals surface area contributed by atoms with Gasteiger partial charge in [0, 0.05) is 20.8 Å². The molecule has 0 saturated heterocycles. The first-order valence-electron chi connectivity index (χ1n) is 13.6. The molecule has 3 aromatic carbocycles. The minimum absolute atomic E-state index is 0.323. The highest BCUT2D eigenvalue weighted by Crippen LogP contribution is 2.21. The summed E-state index contributed by atoms with van der Waals surface area (Å²) in [5, 5.41) is 0. The molecular weight excluding hydrogens is 528 g/mol. The van der Waals surface area contributed by atoms with Gasteiger partial charge in [-0.2, -0.15) is 0 Å². The van der Waals surface area contributed by atoms with Crippen LogP contribution in [0.15, 0.2) is 72.8 Å². The minimum atomic E-state index is -0.516. The molecule has 0 aliphatic rings. The van der Waals surface area contributed by atoms with Crippen LogP contribution in [0.3, 0.4) is 0 Å². The van der Waals surface area contributed by atoms with Gasteiger partial charge in [-0.25, -0.2) is 9.59 Å². The normalized spacial score (nSPS) is 10.7. The zero-order valence-electron chi connectivity index (χ0n) is 23.7. The number of benzene rings is 3. The van der Waals surface area contributed by atoms with Crippen molar-refractivity contribution in [2.75, 3.05) is 53.9 Å². The second kappa shape index (κ2) is 18.4. The van der Waals surface area contributed by atoms with E-state index in [1.807, 2.05) is 0 Å². The van der Waals surface area contributed by atoms with E-state index in [1.54, 1.807) is 87.0 Å². The summed E-state index contributed by atoms with van der Waals surface area (Å²) in [5.74, 6) is 0.963. The van der Waals surface area contributed by atoms with Crippen molar-refractivity contribution in [2.45, 2.75) is 25.7 Å². The summed E-state index contributed by atoms with van der Waals surface area (Å²) in [5.41, 5.74) is 0.775. The van der Waals surface area contributed by atoms with E-state index in [1.165, 1.54) is 0 Å². The van der Waals surface area contributed by atoms with Gasteiger partial charge in [-0.15, -0.1) is 0 Å². The zero-order chi connectivity index (χ0) is 29.1. The molecule has 0 fully saturated rings. The fourth-order valence-electron chi connectivity index (χ4n) is 3.64. The van der Waals surface area contributed by atoms with Crippen molar-refractivity contribution >= 4 is 11.9 Å². The maximum Gasteiger partial charge on any atom is 0.343 e. The summed E-state index contributed by atoms with van der Waals surface area (Å²) < 4.78 is 37.5. The highest BCUT2D eigenvalue weighted by molar-refractivity contribution is 5.92. The van der Waals surface area contributed by atoms with Crippen molar-refractivity contribution in [1.29, 1.82) is 0 Å². The molecule has 0 saturated carbocycles. The van der Waals surface area contributed by atoms with Gasteiger partial charge in [-0.05, 0) is 92.1 Å². The lowest BCUT2D eigenvalue weighted by Crippen LogP contribution is -2.11. The first kappa shape index (κ1) is 31.6. The van der Waals surface area contributed by atoms with Gasteiger partial charge in [0.05, 0.1) is 37.6 Å². The SMILES string of the molecule is COCCCCCCOc1ccc(C(=O)Oc2ccc(OC(=O)c3ccc(OCCOCCOC)cc3)cc2)cc1. The van der Waals surface area contributed by atoms with Crippen molar-refractivity contribution in [3.05, 3.63) is 83.9 Å². The van der Waals surface area contributed by atoms with E-state index in [9.17, 15) is 9.59 Å². The third kappa shape index (κ3) is 12.0. The number of carbonyl (C=O) groups excluding carboxylic acids is 2. The maximum absolute atomic E-state index is 12.5. The van der Waals surface area contributed by atoms with Crippen molar-refractivity contribution in [1.82, 2.24) is 0 Å². The average Bonchev–Trinajstić information content (AvgIpc) is 3.00. The molecule has 220 valence electrons. The predicted molar refractivity (Wildman–Crippen MR) is 153 cm³/mol. The van der Waals surface area contributed by atoms with Crippen molar-refractivity contribution < 1.29 is 42.7 Å². The van der Waals surface area contributed by atoms with E-state index in [-0.39, 0.29) is 0 Å². The molecule has 0 N–H and O–H groups in total. The van der Waals surface area contributed by atoms with Gasteiger partial charge in [0.2, 0.25) is 0 Å². The van der Waals surface area contributed by atoms with E-state index in [0.717, 1.165) is 32.3 Å². The first-order valence-corrected chi connectivity index (χ1v) is 13.6. The number of ether oxygens (including phenoxy) is 7. The predicted octanol–water partition coefficient (Wildman–Crippen LogP) is 5.75. The molecule has 3 rings (SSSR count). The van der Waals surface area contributed by atoms with Gasteiger partial charge in [0.1, 0.15) is 29.6 Å². The lowest BCUT2D eigenvalue weighted by molar-refractivity contribution is 0.0544. The van der Waals surface area contributed by atoms with Crippen LogP contribution in [0.1, 0.15) is 46.4 Å². The van der Waals surface area contributed by atoms with Gasteiger partial charge in [-0.3, -0.25) is 0 Å². The topological polar surface area (TPSA) is 98.8 Å². The fraction of sp³-hybridized carbons (Fsp3) is 0.375. The molecule has 0 spiro atoms. The lowest BCUT2D eigenvalue weighted by atomic mass is 10.2. The molecule has 0 radical (unpaired) electrons. The average molecular weight is 567 g/mol. The van der Waals surface area contributed by atoms with Gasteiger partial charge in [-0.1, -0.05) is 6.42 Å². The maximum atomic E-state index is 12.5. The molecule has 9 heteroatoms. The Morgan fingerprint density at radius 3 is 1.37 bits per heavy atom. The number of methoxy groups -OCH3 is 2. The van der Waals surface area contributed by atoms with E-state index in [4.69, 9.17) is 33.2 Å². The number of carbonyl (C=O) groups is 2. The van der Waals surface area contributed by atoms with Crippen LogP contribution in [0.25, 0.3) is 0 Å². The molecule has 0 atom stereocenters. The summed E-state index contributed by atoms with van der Waals surface area (Å²) in [6.45, 7) is 3.28. The van der Waals surface area contributed by atoms with E-state index in [0.29, 0.717) is 67.2 Å². The Kier molecular flexibility index (Phi) is 14.2. The van der Waals surface area contributed by atoms with Crippen molar-refractivity contribution in [3.8, 4) is 23.0 Å². The zero-order valence-corrected chi connectivity index (χ0v) is 23.7. The number of hydrogen-bond acceptors (Lipinski definition) is 9. The Balaban J connectivity index is 1.39. The summed E-state index contributed by atoms with van der Waals surface area (Å²) in [6, 6.07) is 19.7. The standard InChI is InChI=1S/C32H38O9/c1-35-19-5-3-4-6-20-38-27-11-7-25(8-12-27)31(33)40-29-15-17-30(18-16-29)41-32(34)26-9-13-28(14-10-26)39-24-23-37-22-21-36-2/h7-18H,3-6,19-24H2,1-2H3. The first-order chi connectivity index (χ1) is 20.1. The lowest BCUT2D eigenvalue weighted by Gasteiger charge is -2.09. The van der Waals surface area contributed by atoms with Crippen LogP contribution >= 0.6 is 0 Å². The van der Waals surface area contributed by atoms with Crippen LogP contribution in [0.4, 0.5) is 0 Å². The smallest absolute Gasteiger partial charge is 0.343 e. The van der Waals surface area contributed by atoms with Gasteiger partial charge in [0.25, 0.3) is 0 Å². The number of esters is 2. The van der Waals surface area contributed by atoms with Crippen molar-refractivity contribution in [3.63, 3.8) is 0 Å². The Morgan fingerprint density at radius 2 is 0.878 bits per heavy atom. The minimum Gasteiger partial charge on any atom is -0.494 e. The molecule has 0 amide bonds. The van der Waals surface area contributed by atoms with Crippen LogP contribution in [0.5, 0.6) is 23.0 Å². The highest BCUT2D eigenvalue weighted by atomic mass is 16.5. The van der Waals surface area contributed by atoms with Crippen LogP contribution in [0, 0.1) is 0 Å². The third-order valence-corrected chi connectivity index (χ3v) is 5.86. The summed E-state index contributed by atoms with van der Waals surface area (Å²) in [4.78, 5) is 25.0. The van der Waals surface area contributed by atoms with E-state index >= 15 is 0 Å². The molecule has 9 nitrogen and oxygen atoms in total.